The highest BCUT2D eigenvalue weighted by Crippen LogP contribution is 2.39. The molecule has 5 aromatic carbocycles. The molecule has 1 aliphatic heterocycles. The van der Waals surface area contributed by atoms with E-state index in [2.05, 4.69) is 14.7 Å². The molecule has 1 amide bonds. The van der Waals surface area contributed by atoms with Gasteiger partial charge in [-0.05, 0) is 115 Å². The number of halogens is 5. The van der Waals surface area contributed by atoms with Crippen molar-refractivity contribution in [2.75, 3.05) is 55.3 Å². The molecule has 374 valence electrons. The lowest BCUT2D eigenvalue weighted by Gasteiger charge is -2.36. The van der Waals surface area contributed by atoms with Crippen LogP contribution in [0.1, 0.15) is 48.2 Å². The molecule has 1 fully saturated rings. The summed E-state index contributed by atoms with van der Waals surface area (Å²) in [6, 6.07) is 31.6. The van der Waals surface area contributed by atoms with Gasteiger partial charge < -0.3 is 30.0 Å². The molecule has 69 heavy (non-hydrogen) atoms. The van der Waals surface area contributed by atoms with E-state index in [1.807, 2.05) is 53.3 Å². The number of hydrogen-bond donors (Lipinski definition) is 5. The molecule has 5 N–H and O–H groups in total. The van der Waals surface area contributed by atoms with E-state index in [0.717, 1.165) is 39.4 Å². The van der Waals surface area contributed by atoms with E-state index >= 15 is 0 Å². The predicted octanol–water partition coefficient (Wildman–Crippen LogP) is 9.19. The molecule has 14 nitrogen and oxygen atoms in total. The van der Waals surface area contributed by atoms with Crippen LogP contribution in [0.4, 0.5) is 24.5 Å². The maximum Gasteiger partial charge on any atom is 0.501 e. The topological polar surface area (TPSA) is 203 Å². The highest BCUT2D eigenvalue weighted by Gasteiger charge is 2.48. The smallest absolute Gasteiger partial charge is 0.388 e. The Labute approximate surface area is 415 Å². The second-order valence-corrected chi connectivity index (χ2v) is 22.3. The van der Waals surface area contributed by atoms with Gasteiger partial charge in [0.2, 0.25) is 0 Å². The van der Waals surface area contributed by atoms with Crippen LogP contribution in [-0.4, -0.2) is 99.2 Å². The molecular weight excluding hydrogens is 1020 g/mol. The Morgan fingerprint density at radius 3 is 2.17 bits per heavy atom. The highest BCUT2D eigenvalue weighted by molar-refractivity contribution is 7.99. The number of amides is 1. The Bertz CT molecular complexity index is 2770. The van der Waals surface area contributed by atoms with E-state index in [1.165, 1.54) is 23.9 Å². The first-order valence-electron chi connectivity index (χ1n) is 21.4. The molecule has 2 atom stereocenters. The van der Waals surface area contributed by atoms with Crippen LogP contribution in [0.25, 0.3) is 11.1 Å². The van der Waals surface area contributed by atoms with Crippen molar-refractivity contribution in [1.82, 2.24) is 9.62 Å². The molecule has 1 heterocycles. The van der Waals surface area contributed by atoms with E-state index in [0.29, 0.717) is 43.6 Å². The number of carbonyl (C=O) groups excluding carboxylic acids is 1. The van der Waals surface area contributed by atoms with E-state index in [1.54, 1.807) is 54.3 Å². The number of sulfone groups is 1. The lowest BCUT2D eigenvalue weighted by molar-refractivity contribution is -0.0436. The SMILES string of the molecule is CCN(CCOP(=O)(O)O)CC[C@@H](CSc1ccccc1)Nc1ccc(S(=O)(=O)NC(=O)c2ccc(N3CCC([C@H](O)c4ccccc4-c4ccc(Cl)cc4)CC3)cc2)cc1S(=O)(=O)C(F)(F)F.Cl. The molecule has 0 aromatic heterocycles. The van der Waals surface area contributed by atoms with Crippen molar-refractivity contribution in [3.8, 4) is 11.1 Å². The third kappa shape index (κ3) is 15.2. The summed E-state index contributed by atoms with van der Waals surface area (Å²) < 4.78 is 114. The zero-order valence-corrected chi connectivity index (χ0v) is 42.0. The second-order valence-electron chi connectivity index (χ2n) is 16.0. The minimum absolute atomic E-state index is 0. The maximum atomic E-state index is 14.2. The Morgan fingerprint density at radius 1 is 0.913 bits per heavy atom. The van der Waals surface area contributed by atoms with Crippen LogP contribution in [-0.2, 0) is 28.9 Å². The number of rotatable bonds is 21. The third-order valence-corrected chi connectivity index (χ3v) is 16.3. The van der Waals surface area contributed by atoms with Crippen molar-refractivity contribution >= 4 is 80.7 Å². The molecule has 0 bridgehead atoms. The number of hydrogen-bond acceptors (Lipinski definition) is 12. The number of thioether (sulfide) groups is 1. The van der Waals surface area contributed by atoms with Crippen LogP contribution in [0, 0.1) is 5.92 Å². The molecule has 0 saturated carbocycles. The fraction of sp³-hybridized carbons (Fsp3) is 0.326. The lowest BCUT2D eigenvalue weighted by Crippen LogP contribution is -2.36. The molecular formula is C46H52Cl2F3N4O10PS3. The van der Waals surface area contributed by atoms with Crippen molar-refractivity contribution in [2.45, 2.75) is 58.5 Å². The number of anilines is 2. The Morgan fingerprint density at radius 2 is 1.55 bits per heavy atom. The lowest BCUT2D eigenvalue weighted by atomic mass is 9.84. The zero-order chi connectivity index (χ0) is 49.3. The molecule has 23 heteroatoms. The number of aliphatic hydroxyl groups is 1. The van der Waals surface area contributed by atoms with Gasteiger partial charge in [-0.1, -0.05) is 73.1 Å². The number of nitrogens with one attached hydrogen (secondary N) is 2. The van der Waals surface area contributed by atoms with E-state index in [-0.39, 0.29) is 55.8 Å². The largest absolute Gasteiger partial charge is 0.501 e. The van der Waals surface area contributed by atoms with Gasteiger partial charge in [0, 0.05) is 59.1 Å². The Kier molecular flexibility index (Phi) is 19.6. The van der Waals surface area contributed by atoms with Gasteiger partial charge in [-0.2, -0.15) is 13.2 Å². The first-order valence-corrected chi connectivity index (χ1v) is 27.3. The number of likely N-dealkylation sites (N-methyl/N-ethyl adjacent to an activating group) is 1. The van der Waals surface area contributed by atoms with Crippen molar-refractivity contribution in [1.29, 1.82) is 0 Å². The number of aliphatic hydroxyl groups excluding tert-OH is 1. The summed E-state index contributed by atoms with van der Waals surface area (Å²) >= 11 is 7.42. The third-order valence-electron chi connectivity index (χ3n) is 11.5. The monoisotopic (exact) mass is 1070 g/mol. The van der Waals surface area contributed by atoms with Gasteiger partial charge in [0.25, 0.3) is 25.8 Å². The van der Waals surface area contributed by atoms with Gasteiger partial charge >= 0.3 is 13.3 Å². The predicted molar refractivity (Wildman–Crippen MR) is 264 cm³/mol. The molecule has 6 rings (SSSR count). The fourth-order valence-electron chi connectivity index (χ4n) is 7.76. The van der Waals surface area contributed by atoms with Crippen LogP contribution < -0.4 is 14.9 Å². The maximum absolute atomic E-state index is 14.2. The van der Waals surface area contributed by atoms with Gasteiger partial charge in [0.15, 0.2) is 0 Å². The number of sulfonamides is 1. The van der Waals surface area contributed by atoms with Gasteiger partial charge in [-0.15, -0.1) is 24.2 Å². The number of nitrogens with zero attached hydrogens (tertiary/aromatic N) is 2. The molecule has 0 radical (unpaired) electrons. The summed E-state index contributed by atoms with van der Waals surface area (Å²) in [7, 11) is -15.8. The van der Waals surface area contributed by atoms with Gasteiger partial charge in [0.05, 0.1) is 23.3 Å². The number of alkyl halides is 3. The van der Waals surface area contributed by atoms with Gasteiger partial charge in [0.1, 0.15) is 4.90 Å². The summed E-state index contributed by atoms with van der Waals surface area (Å²) in [4.78, 5) is 33.8. The number of benzene rings is 5. The van der Waals surface area contributed by atoms with E-state index in [9.17, 15) is 44.5 Å². The normalized spacial score (nSPS) is 14.8. The molecule has 1 saturated heterocycles. The van der Waals surface area contributed by atoms with E-state index < -0.39 is 66.7 Å². The molecule has 0 spiro atoms. The average Bonchev–Trinajstić information content (AvgIpc) is 3.31. The summed E-state index contributed by atoms with van der Waals surface area (Å²) in [6.07, 6.45) is 0.784. The second kappa shape index (κ2) is 24.3. The Balaban J connectivity index is 0.00000888. The van der Waals surface area contributed by atoms with Crippen LogP contribution in [0.3, 0.4) is 0 Å². The molecule has 5 aromatic rings. The molecule has 0 aliphatic carbocycles. The van der Waals surface area contributed by atoms with Crippen molar-refractivity contribution in [3.63, 3.8) is 0 Å². The first-order chi connectivity index (χ1) is 32.1. The zero-order valence-electron chi connectivity index (χ0n) is 37.0. The summed E-state index contributed by atoms with van der Waals surface area (Å²) in [5.41, 5.74) is -3.06. The fourth-order valence-corrected chi connectivity index (χ4v) is 11.2. The highest BCUT2D eigenvalue weighted by atomic mass is 35.5. The van der Waals surface area contributed by atoms with Crippen LogP contribution in [0.5, 0.6) is 0 Å². The number of phosphoric acid groups is 1. The Hall–Kier alpha value is -4.18. The minimum atomic E-state index is -6.17. The van der Waals surface area contributed by atoms with Crippen molar-refractivity contribution in [3.05, 3.63) is 137 Å². The van der Waals surface area contributed by atoms with Gasteiger partial charge in [-0.3, -0.25) is 9.32 Å². The first kappa shape index (κ1) is 55.7. The van der Waals surface area contributed by atoms with Crippen molar-refractivity contribution < 1.29 is 58.8 Å². The number of carbonyl (C=O) groups is 1. The average molecular weight is 1080 g/mol. The van der Waals surface area contributed by atoms with Crippen LogP contribution in [0.2, 0.25) is 5.02 Å². The number of piperidine rings is 1. The van der Waals surface area contributed by atoms with E-state index in [4.69, 9.17) is 21.4 Å². The van der Waals surface area contributed by atoms with Gasteiger partial charge in [-0.25, -0.2) is 26.1 Å². The molecule has 1 aliphatic rings. The summed E-state index contributed by atoms with van der Waals surface area (Å²) in [6.45, 7) is 3.40. The standard InChI is InChI=1S/C46H51ClF3N4O10PS3.ClH/c1-2-53(28-29-64-65(57,58)59)25-24-36(31-66-38-8-4-3-5-9-38)51-42-21-20-39(30-43(42)67(60,61)46(48,49)50)68(62,63)52-45(56)34-14-18-37(19-15-34)54-26-22-33(23-27-54)44(55)41-11-7-6-10-40(41)32-12-16-35(47)17-13-32;/h3-21,30,33,36,44,51,55H,2,22-29,31H2,1H3,(H,52,56)(H2,57,58,59);1H/t36-,44-;/m0./s1. The number of phosphoric ester groups is 1. The molecule has 0 unspecified atom stereocenters. The van der Waals surface area contributed by atoms with Crippen molar-refractivity contribution in [2.24, 2.45) is 5.92 Å². The van der Waals surface area contributed by atoms with Crippen LogP contribution in [0.15, 0.2) is 136 Å². The minimum Gasteiger partial charge on any atom is -0.388 e. The summed E-state index contributed by atoms with van der Waals surface area (Å²) in [5.74, 6) is -0.936. The summed E-state index contributed by atoms with van der Waals surface area (Å²) in [5, 5.41) is 15.0. The quantitative estimate of drug-likeness (QED) is 0.0344. The van der Waals surface area contributed by atoms with Crippen LogP contribution >= 0.6 is 43.6 Å².